The Hall–Kier alpha value is -7.94. The molecule has 0 N–H and O–H groups in total. The molecule has 0 aromatic heterocycles. The molecule has 72 heavy (non-hydrogen) atoms. The molecule has 2 nitrogen and oxygen atoms in total. The lowest BCUT2D eigenvalue weighted by Crippen LogP contribution is -2.16. The Bertz CT molecular complexity index is 3210. The zero-order chi connectivity index (χ0) is 48.5. The highest BCUT2D eigenvalue weighted by Crippen LogP contribution is 2.43. The van der Waals surface area contributed by atoms with Crippen LogP contribution >= 0.6 is 0 Å². The summed E-state index contributed by atoms with van der Waals surface area (Å²) in [7, 11) is 0. The highest BCUT2D eigenvalue weighted by molar-refractivity contribution is 5.79. The lowest BCUT2D eigenvalue weighted by atomic mass is 9.77. The van der Waals surface area contributed by atoms with E-state index in [4.69, 9.17) is 0 Å². The molecule has 7 aromatic rings. The van der Waals surface area contributed by atoms with Gasteiger partial charge in [-0.1, -0.05) is 189 Å². The van der Waals surface area contributed by atoms with Crippen LogP contribution in [0.5, 0.6) is 0 Å². The molecule has 0 saturated carbocycles. The van der Waals surface area contributed by atoms with E-state index in [9.17, 15) is 0 Å². The average Bonchev–Trinajstić information content (AvgIpc) is 3.45. The zero-order valence-corrected chi connectivity index (χ0v) is 41.4. The molecule has 11 rings (SSSR count). The van der Waals surface area contributed by atoms with E-state index in [-0.39, 0.29) is 11.8 Å². The molecule has 2 heteroatoms. The topological polar surface area (TPSA) is 6.48 Å². The Balaban J connectivity index is 0.865. The van der Waals surface area contributed by atoms with Gasteiger partial charge in [0.1, 0.15) is 0 Å². The van der Waals surface area contributed by atoms with Crippen molar-refractivity contribution < 1.29 is 0 Å². The van der Waals surface area contributed by atoms with Crippen molar-refractivity contribution in [2.24, 2.45) is 5.92 Å². The summed E-state index contributed by atoms with van der Waals surface area (Å²) >= 11 is 0. The van der Waals surface area contributed by atoms with Gasteiger partial charge in [0, 0.05) is 46.0 Å². The van der Waals surface area contributed by atoms with Gasteiger partial charge in [-0.15, -0.1) is 0 Å². The van der Waals surface area contributed by atoms with Gasteiger partial charge in [0.05, 0.1) is 0 Å². The van der Waals surface area contributed by atoms with E-state index in [0.29, 0.717) is 5.92 Å². The van der Waals surface area contributed by atoms with E-state index in [2.05, 4.69) is 253 Å². The van der Waals surface area contributed by atoms with E-state index >= 15 is 0 Å². The molecular formula is C70H64N2. The monoisotopic (exact) mass is 933 g/mol. The summed E-state index contributed by atoms with van der Waals surface area (Å²) in [5.41, 5.74) is 20.3. The Morgan fingerprint density at radius 2 is 1.11 bits per heavy atom. The van der Waals surface area contributed by atoms with Crippen LogP contribution in [-0.4, -0.2) is 0 Å². The SMILES string of the molecule is C=C/C=C\c1cccc(C(c2ccc(N(c3ccccc3)c3ccc(-c4ccc(N(C5=CCCC=C5)c5ccc(C(C6=CCCC=C6)c6ccc7c(c6)CCCC7)cc5)cc4)cc3)cc2)C2C=CC=CC2)c1. The van der Waals surface area contributed by atoms with Crippen LogP contribution in [0.2, 0.25) is 0 Å². The molecule has 0 amide bonds. The summed E-state index contributed by atoms with van der Waals surface area (Å²) in [6, 6.07) is 63.8. The number of hydrogen-bond acceptors (Lipinski definition) is 2. The highest BCUT2D eigenvalue weighted by Gasteiger charge is 2.26. The third-order valence-corrected chi connectivity index (χ3v) is 15.0. The molecule has 0 fully saturated rings. The van der Waals surface area contributed by atoms with Crippen LogP contribution in [0.15, 0.2) is 261 Å². The zero-order valence-electron chi connectivity index (χ0n) is 41.4. The van der Waals surface area contributed by atoms with Crippen molar-refractivity contribution in [3.05, 3.63) is 300 Å². The minimum Gasteiger partial charge on any atom is -0.311 e. The second-order valence-electron chi connectivity index (χ2n) is 19.7. The van der Waals surface area contributed by atoms with Crippen LogP contribution < -0.4 is 9.80 Å². The Morgan fingerprint density at radius 1 is 0.486 bits per heavy atom. The lowest BCUT2D eigenvalue weighted by Gasteiger charge is -2.29. The molecule has 0 saturated heterocycles. The van der Waals surface area contributed by atoms with E-state index < -0.39 is 0 Å². The Morgan fingerprint density at radius 3 is 1.75 bits per heavy atom. The van der Waals surface area contributed by atoms with Gasteiger partial charge in [0.25, 0.3) is 0 Å². The molecule has 0 radical (unpaired) electrons. The molecule has 4 aliphatic rings. The lowest BCUT2D eigenvalue weighted by molar-refractivity contribution is 0.572. The minimum atomic E-state index is 0.218. The number of fused-ring (bicyclic) bond motifs is 1. The molecule has 0 aliphatic heterocycles. The van der Waals surface area contributed by atoms with Crippen LogP contribution in [0.25, 0.3) is 17.2 Å². The van der Waals surface area contributed by atoms with Crippen molar-refractivity contribution in [1.29, 1.82) is 0 Å². The molecule has 3 atom stereocenters. The summed E-state index contributed by atoms with van der Waals surface area (Å²) < 4.78 is 0. The number of nitrogens with zero attached hydrogens (tertiary/aromatic N) is 2. The first-order chi connectivity index (χ1) is 35.7. The number of benzene rings is 7. The largest absolute Gasteiger partial charge is 0.311 e. The summed E-state index contributed by atoms with van der Waals surface area (Å²) in [5.74, 6) is 0.809. The van der Waals surface area contributed by atoms with Gasteiger partial charge in [-0.3, -0.25) is 0 Å². The quantitative estimate of drug-likeness (QED) is 0.0946. The second-order valence-corrected chi connectivity index (χ2v) is 19.7. The van der Waals surface area contributed by atoms with Gasteiger partial charge in [-0.25, -0.2) is 0 Å². The highest BCUT2D eigenvalue weighted by atomic mass is 15.1. The maximum Gasteiger partial charge on any atom is 0.0462 e. The predicted octanol–water partition coefficient (Wildman–Crippen LogP) is 18.9. The van der Waals surface area contributed by atoms with E-state index in [1.54, 1.807) is 5.56 Å². The van der Waals surface area contributed by atoms with E-state index in [1.807, 2.05) is 12.2 Å². The molecule has 0 heterocycles. The molecule has 0 spiro atoms. The second kappa shape index (κ2) is 22.0. The van der Waals surface area contributed by atoms with Gasteiger partial charge in [0.2, 0.25) is 0 Å². The number of aryl methyl sites for hydroxylation is 2. The summed E-state index contributed by atoms with van der Waals surface area (Å²) in [4.78, 5) is 4.79. The maximum absolute atomic E-state index is 3.88. The van der Waals surface area contributed by atoms with Crippen molar-refractivity contribution in [1.82, 2.24) is 0 Å². The first-order valence-electron chi connectivity index (χ1n) is 26.3. The van der Waals surface area contributed by atoms with Crippen LogP contribution in [0.1, 0.15) is 95.7 Å². The Kier molecular flexibility index (Phi) is 14.2. The van der Waals surface area contributed by atoms with Crippen molar-refractivity contribution in [3.63, 3.8) is 0 Å². The molecule has 7 aromatic carbocycles. The van der Waals surface area contributed by atoms with Crippen LogP contribution in [-0.2, 0) is 12.8 Å². The van der Waals surface area contributed by atoms with Gasteiger partial charge < -0.3 is 9.80 Å². The van der Waals surface area contributed by atoms with Crippen LogP contribution in [0.3, 0.4) is 0 Å². The minimum absolute atomic E-state index is 0.218. The fraction of sp³-hybridized carbons (Fsp3) is 0.171. The van der Waals surface area contributed by atoms with Gasteiger partial charge >= 0.3 is 0 Å². The maximum atomic E-state index is 3.88. The van der Waals surface area contributed by atoms with E-state index in [1.165, 1.54) is 87.1 Å². The Labute approximate surface area is 428 Å². The fourth-order valence-corrected chi connectivity index (χ4v) is 11.4. The van der Waals surface area contributed by atoms with Crippen molar-refractivity contribution in [3.8, 4) is 11.1 Å². The fourth-order valence-electron chi connectivity index (χ4n) is 11.4. The molecule has 4 aliphatic carbocycles. The molecular weight excluding hydrogens is 869 g/mol. The molecule has 354 valence electrons. The van der Waals surface area contributed by atoms with Gasteiger partial charge in [0.15, 0.2) is 0 Å². The van der Waals surface area contributed by atoms with Gasteiger partial charge in [-0.2, -0.15) is 0 Å². The first-order valence-corrected chi connectivity index (χ1v) is 26.3. The predicted molar refractivity (Wildman–Crippen MR) is 307 cm³/mol. The molecule has 0 bridgehead atoms. The summed E-state index contributed by atoms with van der Waals surface area (Å²) in [5, 5.41) is 0. The van der Waals surface area contributed by atoms with Crippen molar-refractivity contribution >= 4 is 34.5 Å². The summed E-state index contributed by atoms with van der Waals surface area (Å²) in [6.07, 6.45) is 39.5. The average molecular weight is 933 g/mol. The van der Waals surface area contributed by atoms with Crippen LogP contribution in [0.4, 0.5) is 28.4 Å². The first kappa shape index (κ1) is 46.4. The normalized spacial score (nSPS) is 16.9. The third kappa shape index (κ3) is 10.3. The molecule has 3 unspecified atom stereocenters. The number of anilines is 5. The number of hydrogen-bond donors (Lipinski definition) is 0. The summed E-state index contributed by atoms with van der Waals surface area (Å²) in [6.45, 7) is 3.88. The number of allylic oxidation sites excluding steroid dienone is 13. The number of para-hydroxylation sites is 1. The van der Waals surface area contributed by atoms with Crippen molar-refractivity contribution in [2.75, 3.05) is 9.80 Å². The number of rotatable bonds is 15. The standard InChI is InChI=1S/C70H64N2/c1-2-3-19-52-20-18-27-61(50-52)69(56-22-8-4-9-23-56)58-38-46-67(47-39-58)71(63-28-12-6-13-29-63)65-42-34-54(35-43-65)55-36-44-66(45-37-55)72(64-30-14-7-15-31-64)68-48-40-59(41-49-68)70(57-24-10-5-11-25-57)62-33-32-53-21-16-17-26-60(53)51-62/h2-4,6,8-10,12-14,18-20,22,24-25,27-51,56,69-70H,1,5,7,11,15-17,21,23,26H2/b19-3-. The smallest absolute Gasteiger partial charge is 0.0462 e. The van der Waals surface area contributed by atoms with Crippen molar-refractivity contribution in [2.45, 2.75) is 69.6 Å². The third-order valence-electron chi connectivity index (χ3n) is 15.0. The van der Waals surface area contributed by atoms with Gasteiger partial charge in [-0.05, 0) is 186 Å². The van der Waals surface area contributed by atoms with Crippen LogP contribution in [0, 0.1) is 5.92 Å². The van der Waals surface area contributed by atoms with E-state index in [0.717, 1.165) is 54.9 Å².